The third kappa shape index (κ3) is 4.95. The highest BCUT2D eigenvalue weighted by Crippen LogP contribution is 2.32. The van der Waals surface area contributed by atoms with Crippen molar-refractivity contribution >= 4 is 39.1 Å². The van der Waals surface area contributed by atoms with Crippen LogP contribution in [0.1, 0.15) is 18.9 Å². The maximum absolute atomic E-state index is 12.8. The molecule has 5 nitrogen and oxygen atoms in total. The lowest BCUT2D eigenvalue weighted by Crippen LogP contribution is -2.04. The van der Waals surface area contributed by atoms with E-state index in [4.69, 9.17) is 32.7 Å². The number of hydrogen-bond donors (Lipinski definition) is 0. The summed E-state index contributed by atoms with van der Waals surface area (Å²) in [5.41, 5.74) is 0.467. The monoisotopic (exact) mass is 425 g/mol. The molecule has 0 fully saturated rings. The fraction of sp³-hybridized carbons (Fsp3) is 0.211. The van der Waals surface area contributed by atoms with Crippen LogP contribution in [0, 0.1) is 11.3 Å². The number of benzene rings is 2. The van der Waals surface area contributed by atoms with Gasteiger partial charge in [0.1, 0.15) is 11.0 Å². The summed E-state index contributed by atoms with van der Waals surface area (Å²) in [6, 6.07) is 10.7. The first-order chi connectivity index (χ1) is 12.8. The van der Waals surface area contributed by atoms with Gasteiger partial charge >= 0.3 is 0 Å². The van der Waals surface area contributed by atoms with Crippen molar-refractivity contribution in [1.29, 1.82) is 5.26 Å². The number of halogens is 2. The lowest BCUT2D eigenvalue weighted by Gasteiger charge is -2.11. The Balaban J connectivity index is 2.49. The smallest absolute Gasteiger partial charge is 0.218 e. The Morgan fingerprint density at radius 3 is 2.56 bits per heavy atom. The van der Waals surface area contributed by atoms with Gasteiger partial charge in [0.25, 0.3) is 0 Å². The molecule has 0 saturated heterocycles. The average Bonchev–Trinajstić information content (AvgIpc) is 2.66. The highest BCUT2D eigenvalue weighted by molar-refractivity contribution is 7.95. The third-order valence-electron chi connectivity index (χ3n) is 3.53. The van der Waals surface area contributed by atoms with Crippen LogP contribution >= 0.6 is 23.2 Å². The summed E-state index contributed by atoms with van der Waals surface area (Å²) in [6.07, 6.45) is 2.08. The quantitative estimate of drug-likeness (QED) is 0.574. The van der Waals surface area contributed by atoms with E-state index in [9.17, 15) is 13.7 Å². The first kappa shape index (κ1) is 21.1. The SMILES string of the molecule is CCCOc1ccc(C=C(C#N)S(=O)(=O)c2cc(Cl)ccc2Cl)cc1OC. The Labute approximate surface area is 168 Å². The zero-order valence-electron chi connectivity index (χ0n) is 14.7. The Hall–Kier alpha value is -2.20. The molecule has 2 aromatic rings. The van der Waals surface area contributed by atoms with Crippen molar-refractivity contribution < 1.29 is 17.9 Å². The number of methoxy groups -OCH3 is 1. The summed E-state index contributed by atoms with van der Waals surface area (Å²) >= 11 is 11.9. The molecule has 0 heterocycles. The van der Waals surface area contributed by atoms with Gasteiger partial charge in [0, 0.05) is 5.02 Å². The Kier molecular flexibility index (Phi) is 7.14. The van der Waals surface area contributed by atoms with Gasteiger partial charge in [-0.25, -0.2) is 8.42 Å². The molecular formula is C19H17Cl2NO4S. The Morgan fingerprint density at radius 2 is 1.93 bits per heavy atom. The van der Waals surface area contributed by atoms with E-state index in [1.54, 1.807) is 24.3 Å². The van der Waals surface area contributed by atoms with Crippen LogP contribution in [0.3, 0.4) is 0 Å². The first-order valence-electron chi connectivity index (χ1n) is 7.96. The van der Waals surface area contributed by atoms with Gasteiger partial charge < -0.3 is 9.47 Å². The van der Waals surface area contributed by atoms with Crippen molar-refractivity contribution in [3.05, 3.63) is 56.9 Å². The standard InChI is InChI=1S/C19H17Cl2NO4S/c1-3-8-26-17-7-4-13(10-18(17)25-2)9-15(12-22)27(23,24)19-11-14(20)5-6-16(19)21/h4-7,9-11H,3,8H2,1-2H3. The van der Waals surface area contributed by atoms with Crippen molar-refractivity contribution in [2.75, 3.05) is 13.7 Å². The van der Waals surface area contributed by atoms with Crippen LogP contribution in [-0.2, 0) is 9.84 Å². The van der Waals surface area contributed by atoms with E-state index in [0.717, 1.165) is 6.42 Å². The highest BCUT2D eigenvalue weighted by Gasteiger charge is 2.24. The van der Waals surface area contributed by atoms with Crippen LogP contribution in [0.25, 0.3) is 6.08 Å². The molecule has 27 heavy (non-hydrogen) atoms. The topological polar surface area (TPSA) is 76.4 Å². The molecule has 0 unspecified atom stereocenters. The zero-order valence-corrected chi connectivity index (χ0v) is 17.0. The molecule has 2 rings (SSSR count). The third-order valence-corrected chi connectivity index (χ3v) is 5.91. The lowest BCUT2D eigenvalue weighted by molar-refractivity contribution is 0.294. The minimum absolute atomic E-state index is 0.0126. The van der Waals surface area contributed by atoms with Crippen LogP contribution in [-0.4, -0.2) is 22.1 Å². The number of sulfone groups is 1. The van der Waals surface area contributed by atoms with Gasteiger partial charge in [0.15, 0.2) is 11.5 Å². The number of hydrogen-bond acceptors (Lipinski definition) is 5. The normalized spacial score (nSPS) is 11.7. The summed E-state index contributed by atoms with van der Waals surface area (Å²) in [4.78, 5) is -0.685. The van der Waals surface area contributed by atoms with Gasteiger partial charge in [-0.1, -0.05) is 36.2 Å². The Morgan fingerprint density at radius 1 is 1.19 bits per heavy atom. The summed E-state index contributed by atoms with van der Waals surface area (Å²) < 4.78 is 36.5. The van der Waals surface area contributed by atoms with E-state index in [2.05, 4.69) is 0 Å². The molecule has 0 bridgehead atoms. The molecule has 0 amide bonds. The van der Waals surface area contributed by atoms with Crippen LogP contribution in [0.2, 0.25) is 10.0 Å². The summed E-state index contributed by atoms with van der Waals surface area (Å²) in [6.45, 7) is 2.51. The predicted octanol–water partition coefficient (Wildman–Crippen LogP) is 5.13. The molecular weight excluding hydrogens is 409 g/mol. The number of rotatable bonds is 7. The number of allylic oxidation sites excluding steroid dienone is 1. The predicted molar refractivity (Wildman–Crippen MR) is 106 cm³/mol. The second-order valence-electron chi connectivity index (χ2n) is 5.46. The lowest BCUT2D eigenvalue weighted by atomic mass is 10.2. The summed E-state index contributed by atoms with van der Waals surface area (Å²) in [5, 5.41) is 9.60. The van der Waals surface area contributed by atoms with Crippen LogP contribution < -0.4 is 9.47 Å². The molecule has 0 N–H and O–H groups in total. The second-order valence-corrected chi connectivity index (χ2v) is 8.19. The number of ether oxygens (including phenoxy) is 2. The molecule has 0 saturated carbocycles. The van der Waals surface area contributed by atoms with E-state index in [1.165, 1.54) is 31.4 Å². The van der Waals surface area contributed by atoms with Crippen LogP contribution in [0.4, 0.5) is 0 Å². The number of nitrogens with zero attached hydrogens (tertiary/aromatic N) is 1. The van der Waals surface area contributed by atoms with Crippen molar-refractivity contribution in [1.82, 2.24) is 0 Å². The maximum atomic E-state index is 12.8. The minimum Gasteiger partial charge on any atom is -0.493 e. The minimum atomic E-state index is -4.13. The van der Waals surface area contributed by atoms with Crippen molar-refractivity contribution in [2.45, 2.75) is 18.2 Å². The summed E-state index contributed by atoms with van der Waals surface area (Å²) in [7, 11) is -2.65. The van der Waals surface area contributed by atoms with Crippen molar-refractivity contribution in [2.24, 2.45) is 0 Å². The average molecular weight is 426 g/mol. The van der Waals surface area contributed by atoms with Gasteiger partial charge in [-0.3, -0.25) is 0 Å². The highest BCUT2D eigenvalue weighted by atomic mass is 35.5. The molecule has 0 aliphatic rings. The van der Waals surface area contributed by atoms with E-state index < -0.39 is 14.7 Å². The van der Waals surface area contributed by atoms with Crippen molar-refractivity contribution in [3.8, 4) is 17.6 Å². The fourth-order valence-corrected chi connectivity index (χ4v) is 4.14. The largest absolute Gasteiger partial charge is 0.493 e. The molecule has 2 aromatic carbocycles. The molecule has 0 atom stereocenters. The Bertz CT molecular complexity index is 1010. The molecule has 0 aromatic heterocycles. The van der Waals surface area contributed by atoms with Crippen LogP contribution in [0.5, 0.6) is 11.5 Å². The molecule has 0 aliphatic heterocycles. The molecule has 142 valence electrons. The molecule has 0 spiro atoms. The van der Waals surface area contributed by atoms with Crippen molar-refractivity contribution in [3.63, 3.8) is 0 Å². The van der Waals surface area contributed by atoms with E-state index in [1.807, 2.05) is 6.92 Å². The van der Waals surface area contributed by atoms with Gasteiger partial charge in [-0.05, 0) is 48.4 Å². The maximum Gasteiger partial charge on any atom is 0.218 e. The van der Waals surface area contributed by atoms with Gasteiger partial charge in [0.05, 0.1) is 23.6 Å². The van der Waals surface area contributed by atoms with E-state index in [-0.39, 0.29) is 14.9 Å². The van der Waals surface area contributed by atoms with Gasteiger partial charge in [-0.15, -0.1) is 0 Å². The first-order valence-corrected chi connectivity index (χ1v) is 10.2. The van der Waals surface area contributed by atoms with E-state index in [0.29, 0.717) is 23.7 Å². The zero-order chi connectivity index (χ0) is 20.0. The van der Waals surface area contributed by atoms with Crippen LogP contribution in [0.15, 0.2) is 46.2 Å². The number of nitriles is 1. The van der Waals surface area contributed by atoms with Gasteiger partial charge in [-0.2, -0.15) is 5.26 Å². The molecule has 0 radical (unpaired) electrons. The second kappa shape index (κ2) is 9.14. The molecule has 0 aliphatic carbocycles. The molecule has 8 heteroatoms. The fourth-order valence-electron chi connectivity index (χ4n) is 2.23. The summed E-state index contributed by atoms with van der Waals surface area (Å²) in [5.74, 6) is 0.975. The van der Waals surface area contributed by atoms with E-state index >= 15 is 0 Å². The van der Waals surface area contributed by atoms with Gasteiger partial charge in [0.2, 0.25) is 9.84 Å².